The zero-order chi connectivity index (χ0) is 19.2. The van der Waals surface area contributed by atoms with Crippen molar-refractivity contribution < 1.29 is 19.5 Å². The number of unbranched alkanes of at least 4 members (excludes halogenated alkanes) is 5. The Morgan fingerprint density at radius 3 is 2.08 bits per heavy atom. The standard InChI is InChI=1S/C18H35N3O4/c1-5-6-7-8-9-10-11-19-14(4)17(24)21-16(13(2)3)18(25)20-12-15(22)23/h13-14,16,19H,5-12H2,1-4H3,(H,20,25)(H,21,24)(H,22,23). The Morgan fingerprint density at radius 1 is 0.920 bits per heavy atom. The molecule has 0 aliphatic carbocycles. The Bertz CT molecular complexity index is 413. The molecule has 7 heteroatoms. The monoisotopic (exact) mass is 357 g/mol. The Balaban J connectivity index is 4.18. The van der Waals surface area contributed by atoms with Gasteiger partial charge in [0.15, 0.2) is 0 Å². The SMILES string of the molecule is CCCCCCCCNC(C)C(=O)NC(C(=O)NCC(=O)O)C(C)C. The highest BCUT2D eigenvalue weighted by molar-refractivity contribution is 5.91. The smallest absolute Gasteiger partial charge is 0.322 e. The van der Waals surface area contributed by atoms with E-state index in [-0.39, 0.29) is 11.8 Å². The van der Waals surface area contributed by atoms with Crippen molar-refractivity contribution in [2.24, 2.45) is 5.92 Å². The number of hydrogen-bond donors (Lipinski definition) is 4. The molecule has 0 aromatic heterocycles. The summed E-state index contributed by atoms with van der Waals surface area (Å²) in [5, 5.41) is 16.8. The van der Waals surface area contributed by atoms with E-state index in [0.717, 1.165) is 19.4 Å². The topological polar surface area (TPSA) is 108 Å². The number of carbonyl (C=O) groups is 3. The Kier molecular flexibility index (Phi) is 12.7. The van der Waals surface area contributed by atoms with Crippen LogP contribution in [-0.2, 0) is 14.4 Å². The van der Waals surface area contributed by atoms with Crippen LogP contribution in [0.1, 0.15) is 66.2 Å². The van der Waals surface area contributed by atoms with Crippen molar-refractivity contribution in [1.82, 2.24) is 16.0 Å². The van der Waals surface area contributed by atoms with Crippen molar-refractivity contribution in [1.29, 1.82) is 0 Å². The first-order valence-corrected chi connectivity index (χ1v) is 9.32. The molecule has 0 spiro atoms. The van der Waals surface area contributed by atoms with Crippen LogP contribution < -0.4 is 16.0 Å². The summed E-state index contributed by atoms with van der Waals surface area (Å²) in [6, 6.07) is -1.14. The number of rotatable bonds is 14. The highest BCUT2D eigenvalue weighted by atomic mass is 16.4. The van der Waals surface area contributed by atoms with Gasteiger partial charge in [0.25, 0.3) is 0 Å². The number of amides is 2. The van der Waals surface area contributed by atoms with Gasteiger partial charge in [-0.3, -0.25) is 14.4 Å². The molecule has 0 aromatic carbocycles. The molecule has 0 bridgehead atoms. The fourth-order valence-corrected chi connectivity index (χ4v) is 2.40. The lowest BCUT2D eigenvalue weighted by Gasteiger charge is -2.23. The van der Waals surface area contributed by atoms with E-state index < -0.39 is 30.5 Å². The van der Waals surface area contributed by atoms with Gasteiger partial charge >= 0.3 is 5.97 Å². The summed E-state index contributed by atoms with van der Waals surface area (Å²) in [6.07, 6.45) is 7.14. The molecule has 0 rings (SSSR count). The summed E-state index contributed by atoms with van der Waals surface area (Å²) < 4.78 is 0. The van der Waals surface area contributed by atoms with Gasteiger partial charge in [0.05, 0.1) is 6.04 Å². The van der Waals surface area contributed by atoms with Crippen molar-refractivity contribution >= 4 is 17.8 Å². The van der Waals surface area contributed by atoms with Gasteiger partial charge in [-0.25, -0.2) is 0 Å². The van der Waals surface area contributed by atoms with E-state index in [0.29, 0.717) is 0 Å². The first-order valence-electron chi connectivity index (χ1n) is 9.32. The van der Waals surface area contributed by atoms with E-state index in [2.05, 4.69) is 22.9 Å². The van der Waals surface area contributed by atoms with E-state index >= 15 is 0 Å². The normalized spacial score (nSPS) is 13.3. The van der Waals surface area contributed by atoms with Crippen LogP contribution in [0.25, 0.3) is 0 Å². The van der Waals surface area contributed by atoms with E-state index in [1.54, 1.807) is 20.8 Å². The zero-order valence-corrected chi connectivity index (χ0v) is 16.1. The molecule has 2 amide bonds. The van der Waals surface area contributed by atoms with Gasteiger partial charge < -0.3 is 21.1 Å². The summed E-state index contributed by atoms with van der Waals surface area (Å²) in [6.45, 7) is 7.87. The van der Waals surface area contributed by atoms with Crippen molar-refractivity contribution in [2.45, 2.75) is 78.3 Å². The van der Waals surface area contributed by atoms with Crippen LogP contribution in [0.3, 0.4) is 0 Å². The molecule has 25 heavy (non-hydrogen) atoms. The predicted molar refractivity (Wildman–Crippen MR) is 98.3 cm³/mol. The zero-order valence-electron chi connectivity index (χ0n) is 16.1. The third-order valence-electron chi connectivity index (χ3n) is 4.03. The maximum Gasteiger partial charge on any atom is 0.322 e. The number of carboxylic acid groups (broad SMARTS) is 1. The Morgan fingerprint density at radius 2 is 1.52 bits per heavy atom. The van der Waals surface area contributed by atoms with Crippen molar-refractivity contribution in [2.75, 3.05) is 13.1 Å². The van der Waals surface area contributed by atoms with Gasteiger partial charge in [-0.05, 0) is 25.8 Å². The average molecular weight is 357 g/mol. The second-order valence-corrected chi connectivity index (χ2v) is 6.79. The van der Waals surface area contributed by atoms with Gasteiger partial charge in [-0.2, -0.15) is 0 Å². The molecule has 7 nitrogen and oxygen atoms in total. The minimum Gasteiger partial charge on any atom is -0.480 e. The van der Waals surface area contributed by atoms with E-state index in [1.807, 2.05) is 0 Å². The molecule has 0 saturated carbocycles. The van der Waals surface area contributed by atoms with Crippen LogP contribution in [0, 0.1) is 5.92 Å². The maximum absolute atomic E-state index is 12.2. The average Bonchev–Trinajstić information content (AvgIpc) is 2.55. The van der Waals surface area contributed by atoms with E-state index in [1.165, 1.54) is 25.7 Å². The van der Waals surface area contributed by atoms with Gasteiger partial charge in [0.2, 0.25) is 11.8 Å². The maximum atomic E-state index is 12.2. The number of carbonyl (C=O) groups excluding carboxylic acids is 2. The molecule has 0 aliphatic heterocycles. The summed E-state index contributed by atoms with van der Waals surface area (Å²) in [4.78, 5) is 34.8. The third kappa shape index (κ3) is 11.5. The first-order chi connectivity index (χ1) is 11.8. The fraction of sp³-hybridized carbons (Fsp3) is 0.833. The van der Waals surface area contributed by atoms with Crippen LogP contribution in [0.2, 0.25) is 0 Å². The minimum absolute atomic E-state index is 0.136. The van der Waals surface area contributed by atoms with Gasteiger partial charge in [0, 0.05) is 0 Å². The van der Waals surface area contributed by atoms with E-state index in [4.69, 9.17) is 5.11 Å². The van der Waals surface area contributed by atoms with E-state index in [9.17, 15) is 14.4 Å². The fourth-order valence-electron chi connectivity index (χ4n) is 2.40. The lowest BCUT2D eigenvalue weighted by Crippen LogP contribution is -2.54. The number of hydrogen-bond acceptors (Lipinski definition) is 4. The summed E-state index contributed by atoms with van der Waals surface area (Å²) in [7, 11) is 0. The van der Waals surface area contributed by atoms with Crippen molar-refractivity contribution in [3.63, 3.8) is 0 Å². The molecule has 4 N–H and O–H groups in total. The van der Waals surface area contributed by atoms with Crippen LogP contribution in [0.15, 0.2) is 0 Å². The molecule has 0 aromatic rings. The van der Waals surface area contributed by atoms with Crippen LogP contribution in [0.4, 0.5) is 0 Å². The first kappa shape index (κ1) is 23.4. The van der Waals surface area contributed by atoms with Crippen LogP contribution in [0.5, 0.6) is 0 Å². The third-order valence-corrected chi connectivity index (χ3v) is 4.03. The summed E-state index contributed by atoms with van der Waals surface area (Å²) in [5.74, 6) is -1.98. The lowest BCUT2D eigenvalue weighted by atomic mass is 10.0. The lowest BCUT2D eigenvalue weighted by molar-refractivity contribution is -0.138. The Labute approximate surface area is 151 Å². The highest BCUT2D eigenvalue weighted by Crippen LogP contribution is 2.05. The van der Waals surface area contributed by atoms with Crippen LogP contribution >= 0.6 is 0 Å². The number of aliphatic carboxylic acids is 1. The van der Waals surface area contributed by atoms with Gasteiger partial charge in [0.1, 0.15) is 12.6 Å². The molecular formula is C18H35N3O4. The molecule has 0 heterocycles. The molecule has 0 saturated heterocycles. The minimum atomic E-state index is -1.11. The second kappa shape index (κ2) is 13.6. The molecular weight excluding hydrogens is 322 g/mol. The molecule has 146 valence electrons. The molecule has 0 radical (unpaired) electrons. The quantitative estimate of drug-likeness (QED) is 0.354. The molecule has 2 unspecified atom stereocenters. The van der Waals surface area contributed by atoms with Crippen molar-refractivity contribution in [3.8, 4) is 0 Å². The Hall–Kier alpha value is -1.63. The number of carboxylic acids is 1. The molecule has 2 atom stereocenters. The molecule has 0 aliphatic rings. The summed E-state index contributed by atoms with van der Waals surface area (Å²) >= 11 is 0. The van der Waals surface area contributed by atoms with Gasteiger partial charge in [-0.15, -0.1) is 0 Å². The summed E-state index contributed by atoms with van der Waals surface area (Å²) in [5.41, 5.74) is 0. The van der Waals surface area contributed by atoms with Gasteiger partial charge in [-0.1, -0.05) is 52.9 Å². The number of nitrogens with one attached hydrogen (secondary N) is 3. The second-order valence-electron chi connectivity index (χ2n) is 6.79. The highest BCUT2D eigenvalue weighted by Gasteiger charge is 2.26. The largest absolute Gasteiger partial charge is 0.480 e. The van der Waals surface area contributed by atoms with Crippen molar-refractivity contribution in [3.05, 3.63) is 0 Å². The predicted octanol–water partition coefficient (Wildman–Crippen LogP) is 1.67. The van der Waals surface area contributed by atoms with Crippen LogP contribution in [-0.4, -0.2) is 48.1 Å². The molecule has 0 fully saturated rings.